The van der Waals surface area contributed by atoms with Gasteiger partial charge in [0.2, 0.25) is 10.0 Å². The Balaban J connectivity index is 1.81. The molecule has 0 aliphatic carbocycles. The number of aryl methyl sites for hydroxylation is 1. The number of sulfonamides is 1. The van der Waals surface area contributed by atoms with Crippen LogP contribution in [0.1, 0.15) is 18.2 Å². The van der Waals surface area contributed by atoms with E-state index in [1.165, 1.54) is 6.33 Å². The predicted molar refractivity (Wildman–Crippen MR) is 92.4 cm³/mol. The average molecular weight is 346 g/mol. The van der Waals surface area contributed by atoms with Crippen molar-refractivity contribution in [1.29, 1.82) is 0 Å². The van der Waals surface area contributed by atoms with Crippen LogP contribution in [0.25, 0.3) is 5.78 Å². The molecule has 2 aromatic heterocycles. The van der Waals surface area contributed by atoms with E-state index < -0.39 is 10.0 Å². The zero-order chi connectivity index (χ0) is 17.2. The van der Waals surface area contributed by atoms with Crippen molar-refractivity contribution >= 4 is 27.3 Å². The highest BCUT2D eigenvalue weighted by Crippen LogP contribution is 2.15. The lowest BCUT2D eigenvalue weighted by Crippen LogP contribution is -2.10. The van der Waals surface area contributed by atoms with E-state index in [9.17, 15) is 8.42 Å². The minimum absolute atomic E-state index is 0.515. The Kier molecular flexibility index (Phi) is 4.34. The molecule has 9 heteroatoms. The number of nitrogens with one attached hydrogen (secondary N) is 2. The van der Waals surface area contributed by atoms with Crippen LogP contribution in [0.3, 0.4) is 0 Å². The van der Waals surface area contributed by atoms with Crippen LogP contribution >= 0.6 is 0 Å². The number of rotatable bonds is 6. The number of benzene rings is 1. The largest absolute Gasteiger partial charge is 0.366 e. The molecule has 126 valence electrons. The second kappa shape index (κ2) is 6.44. The summed E-state index contributed by atoms with van der Waals surface area (Å²) >= 11 is 0. The van der Waals surface area contributed by atoms with Crippen LogP contribution < -0.4 is 10.0 Å². The molecule has 0 aliphatic heterocycles. The smallest absolute Gasteiger partial charge is 0.254 e. The summed E-state index contributed by atoms with van der Waals surface area (Å²) in [5.74, 6) is 1.33. The summed E-state index contributed by atoms with van der Waals surface area (Å²) in [4.78, 5) is 8.52. The molecule has 0 radical (unpaired) electrons. The van der Waals surface area contributed by atoms with E-state index in [1.807, 2.05) is 19.1 Å². The normalized spacial score (nSPS) is 11.6. The van der Waals surface area contributed by atoms with Gasteiger partial charge in [0.1, 0.15) is 12.1 Å². The van der Waals surface area contributed by atoms with Crippen LogP contribution in [0.2, 0.25) is 0 Å². The van der Waals surface area contributed by atoms with Gasteiger partial charge in [0.05, 0.1) is 6.26 Å². The second-order valence-electron chi connectivity index (χ2n) is 5.39. The first-order chi connectivity index (χ1) is 11.4. The van der Waals surface area contributed by atoms with E-state index in [0.29, 0.717) is 18.0 Å². The summed E-state index contributed by atoms with van der Waals surface area (Å²) in [7, 11) is -3.29. The van der Waals surface area contributed by atoms with Crippen LogP contribution in [-0.2, 0) is 23.0 Å². The minimum atomic E-state index is -3.29. The summed E-state index contributed by atoms with van der Waals surface area (Å²) in [6.07, 6.45) is 3.39. The number of hydrogen-bond acceptors (Lipinski definition) is 6. The standard InChI is InChI=1S/C15H18N6O2S/c1-3-12-8-14(21-15(19-12)17-10-18-21)16-9-11-5-4-6-13(7-11)20-24(2,22)23/h4-8,10,16,20H,3,9H2,1-2H3. The Morgan fingerprint density at radius 1 is 1.25 bits per heavy atom. The lowest BCUT2D eigenvalue weighted by atomic mass is 10.2. The second-order valence-corrected chi connectivity index (χ2v) is 7.13. The predicted octanol–water partition coefficient (Wildman–Crippen LogP) is 1.67. The Bertz CT molecular complexity index is 967. The minimum Gasteiger partial charge on any atom is -0.366 e. The van der Waals surface area contributed by atoms with Gasteiger partial charge in [-0.3, -0.25) is 4.72 Å². The molecule has 0 unspecified atom stereocenters. The van der Waals surface area contributed by atoms with Crippen molar-refractivity contribution in [2.45, 2.75) is 19.9 Å². The molecule has 24 heavy (non-hydrogen) atoms. The molecule has 0 saturated carbocycles. The molecule has 3 aromatic rings. The lowest BCUT2D eigenvalue weighted by Gasteiger charge is -2.11. The molecule has 2 N–H and O–H groups in total. The molecule has 0 amide bonds. The zero-order valence-electron chi connectivity index (χ0n) is 13.4. The first kappa shape index (κ1) is 16.2. The first-order valence-electron chi connectivity index (χ1n) is 7.45. The van der Waals surface area contributed by atoms with Crippen molar-refractivity contribution in [1.82, 2.24) is 19.6 Å². The molecule has 1 aromatic carbocycles. The van der Waals surface area contributed by atoms with E-state index in [1.54, 1.807) is 22.7 Å². The summed E-state index contributed by atoms with van der Waals surface area (Å²) in [6.45, 7) is 2.54. The first-order valence-corrected chi connectivity index (χ1v) is 9.34. The van der Waals surface area contributed by atoms with Crippen molar-refractivity contribution in [2.24, 2.45) is 0 Å². The third-order valence-corrected chi connectivity index (χ3v) is 3.98. The Morgan fingerprint density at radius 3 is 2.83 bits per heavy atom. The average Bonchev–Trinajstić information content (AvgIpc) is 2.99. The Hall–Kier alpha value is -2.68. The van der Waals surface area contributed by atoms with Crippen molar-refractivity contribution in [3.05, 3.63) is 47.9 Å². The van der Waals surface area contributed by atoms with E-state index >= 15 is 0 Å². The van der Waals surface area contributed by atoms with Gasteiger partial charge in [0, 0.05) is 24.0 Å². The van der Waals surface area contributed by atoms with Crippen LogP contribution in [0.15, 0.2) is 36.7 Å². The monoisotopic (exact) mass is 346 g/mol. The maximum atomic E-state index is 11.3. The molecule has 0 saturated heterocycles. The van der Waals surface area contributed by atoms with Gasteiger partial charge in [-0.1, -0.05) is 19.1 Å². The van der Waals surface area contributed by atoms with Crippen molar-refractivity contribution in [2.75, 3.05) is 16.3 Å². The lowest BCUT2D eigenvalue weighted by molar-refractivity contribution is 0.607. The number of fused-ring (bicyclic) bond motifs is 1. The quantitative estimate of drug-likeness (QED) is 0.704. The summed E-state index contributed by atoms with van der Waals surface area (Å²) in [6, 6.07) is 9.15. The molecular weight excluding hydrogens is 328 g/mol. The molecule has 0 spiro atoms. The molecule has 2 heterocycles. The molecular formula is C15H18N6O2S. The third-order valence-electron chi connectivity index (χ3n) is 3.37. The van der Waals surface area contributed by atoms with E-state index in [4.69, 9.17) is 0 Å². The van der Waals surface area contributed by atoms with E-state index in [0.717, 1.165) is 29.8 Å². The summed E-state index contributed by atoms with van der Waals surface area (Å²) < 4.78 is 26.8. The molecule has 3 rings (SSSR count). The van der Waals surface area contributed by atoms with Gasteiger partial charge in [-0.25, -0.2) is 13.4 Å². The van der Waals surface area contributed by atoms with Crippen LogP contribution in [-0.4, -0.2) is 34.3 Å². The SMILES string of the molecule is CCc1cc(NCc2cccc(NS(C)(=O)=O)c2)n2ncnc2n1. The molecule has 0 atom stereocenters. The van der Waals surface area contributed by atoms with Crippen LogP contribution in [0.5, 0.6) is 0 Å². The Morgan fingerprint density at radius 2 is 2.08 bits per heavy atom. The Labute approximate surface area is 140 Å². The maximum absolute atomic E-state index is 11.3. The summed E-state index contributed by atoms with van der Waals surface area (Å²) in [5, 5.41) is 7.46. The zero-order valence-corrected chi connectivity index (χ0v) is 14.2. The summed E-state index contributed by atoms with van der Waals surface area (Å²) in [5.41, 5.74) is 2.39. The fraction of sp³-hybridized carbons (Fsp3) is 0.267. The van der Waals surface area contributed by atoms with E-state index in [2.05, 4.69) is 25.1 Å². The molecule has 0 fully saturated rings. The van der Waals surface area contributed by atoms with Gasteiger partial charge in [0.25, 0.3) is 5.78 Å². The highest BCUT2D eigenvalue weighted by atomic mass is 32.2. The fourth-order valence-corrected chi connectivity index (χ4v) is 2.87. The van der Waals surface area contributed by atoms with Crippen LogP contribution in [0.4, 0.5) is 11.5 Å². The fourth-order valence-electron chi connectivity index (χ4n) is 2.32. The van der Waals surface area contributed by atoms with Gasteiger partial charge in [0.15, 0.2) is 0 Å². The van der Waals surface area contributed by atoms with Crippen molar-refractivity contribution < 1.29 is 8.42 Å². The maximum Gasteiger partial charge on any atom is 0.254 e. The van der Waals surface area contributed by atoms with E-state index in [-0.39, 0.29) is 0 Å². The number of aromatic nitrogens is 4. The molecule has 0 bridgehead atoms. The van der Waals surface area contributed by atoms with Crippen LogP contribution in [0, 0.1) is 0 Å². The van der Waals surface area contributed by atoms with Crippen molar-refractivity contribution in [3.63, 3.8) is 0 Å². The number of hydrogen-bond donors (Lipinski definition) is 2. The van der Waals surface area contributed by atoms with Gasteiger partial charge < -0.3 is 5.32 Å². The van der Waals surface area contributed by atoms with Gasteiger partial charge >= 0.3 is 0 Å². The highest BCUT2D eigenvalue weighted by Gasteiger charge is 2.07. The highest BCUT2D eigenvalue weighted by molar-refractivity contribution is 7.92. The molecule has 8 nitrogen and oxygen atoms in total. The van der Waals surface area contributed by atoms with Gasteiger partial charge in [-0.05, 0) is 24.1 Å². The third kappa shape index (κ3) is 3.80. The number of anilines is 2. The number of nitrogens with zero attached hydrogens (tertiary/aromatic N) is 4. The van der Waals surface area contributed by atoms with Gasteiger partial charge in [-0.2, -0.15) is 14.6 Å². The van der Waals surface area contributed by atoms with Gasteiger partial charge in [-0.15, -0.1) is 0 Å². The molecule has 0 aliphatic rings. The topological polar surface area (TPSA) is 101 Å². The van der Waals surface area contributed by atoms with Crippen molar-refractivity contribution in [3.8, 4) is 0 Å².